The van der Waals surface area contributed by atoms with E-state index in [-0.39, 0.29) is 0 Å². The number of benzene rings is 2. The third kappa shape index (κ3) is 4.97. The Labute approximate surface area is 159 Å². The predicted molar refractivity (Wildman–Crippen MR) is 105 cm³/mol. The maximum absolute atomic E-state index is 13.8. The molecule has 26 heavy (non-hydrogen) atoms. The minimum Gasteiger partial charge on any atom is -0.374 e. The molecule has 2 aromatic carbocycles. The zero-order valence-electron chi connectivity index (χ0n) is 14.7. The van der Waals surface area contributed by atoms with Crippen LogP contribution in [-0.2, 0) is 4.74 Å². The Balaban J connectivity index is 1.61. The van der Waals surface area contributed by atoms with Crippen molar-refractivity contribution in [2.75, 3.05) is 6.61 Å². The van der Waals surface area contributed by atoms with Crippen LogP contribution in [0.1, 0.15) is 48.3 Å². The maximum atomic E-state index is 13.8. The molecule has 1 aliphatic rings. The van der Waals surface area contributed by atoms with Gasteiger partial charge in [-0.3, -0.25) is 0 Å². The van der Waals surface area contributed by atoms with Crippen molar-refractivity contribution >= 4 is 11.6 Å². The molecule has 1 nitrogen and oxygen atoms in total. The van der Waals surface area contributed by atoms with Crippen LogP contribution in [0.3, 0.4) is 0 Å². The Morgan fingerprint density at radius 2 is 1.81 bits per heavy atom. The van der Waals surface area contributed by atoms with Gasteiger partial charge in [0, 0.05) is 10.6 Å². The molecular formula is C23H22ClFO. The van der Waals surface area contributed by atoms with E-state index in [0.29, 0.717) is 29.2 Å². The van der Waals surface area contributed by atoms with Crippen LogP contribution in [0.2, 0.25) is 5.02 Å². The van der Waals surface area contributed by atoms with E-state index in [9.17, 15) is 4.39 Å². The lowest BCUT2D eigenvalue weighted by atomic mass is 9.82. The average Bonchev–Trinajstić information content (AvgIpc) is 2.66. The molecule has 1 fully saturated rings. The molecule has 2 aromatic rings. The Morgan fingerprint density at radius 3 is 2.46 bits per heavy atom. The second-order valence-electron chi connectivity index (χ2n) is 6.59. The van der Waals surface area contributed by atoms with E-state index >= 15 is 0 Å². The van der Waals surface area contributed by atoms with Gasteiger partial charge in [0.15, 0.2) is 0 Å². The summed E-state index contributed by atoms with van der Waals surface area (Å²) in [5.41, 5.74) is 2.58. The molecule has 0 heterocycles. The molecule has 0 N–H and O–H groups in total. The molecule has 1 aliphatic carbocycles. The standard InChI is InChI=1S/C23H22ClFO/c1-2-15-26-22-13-10-19(11-14-22)18-6-3-17(4-7-18)5-8-20-9-12-21(24)16-23(20)25/h2-4,6-7,9,12,16,19,22H,1,10-11,13-15H2. The molecule has 134 valence electrons. The first-order chi connectivity index (χ1) is 12.7. The van der Waals surface area contributed by atoms with E-state index in [0.717, 1.165) is 31.2 Å². The first kappa shape index (κ1) is 18.7. The van der Waals surface area contributed by atoms with Gasteiger partial charge in [-0.2, -0.15) is 0 Å². The van der Waals surface area contributed by atoms with Crippen LogP contribution in [0.5, 0.6) is 0 Å². The Morgan fingerprint density at radius 1 is 1.08 bits per heavy atom. The number of hydrogen-bond donors (Lipinski definition) is 0. The molecule has 0 aromatic heterocycles. The molecule has 0 bridgehead atoms. The number of rotatable bonds is 4. The normalized spacial score (nSPS) is 19.5. The molecule has 3 heteroatoms. The first-order valence-electron chi connectivity index (χ1n) is 8.95. The number of halogens is 2. The van der Waals surface area contributed by atoms with Gasteiger partial charge in [-0.15, -0.1) is 6.58 Å². The molecule has 0 aliphatic heterocycles. The SMILES string of the molecule is C=CCOC1CCC(c2ccc(C#Cc3ccc(Cl)cc3F)cc2)CC1. The molecule has 0 amide bonds. The second-order valence-corrected chi connectivity index (χ2v) is 7.03. The largest absolute Gasteiger partial charge is 0.374 e. The van der Waals surface area contributed by atoms with E-state index < -0.39 is 5.82 Å². The van der Waals surface area contributed by atoms with Crippen molar-refractivity contribution in [3.05, 3.63) is 82.6 Å². The van der Waals surface area contributed by atoms with E-state index in [2.05, 4.69) is 30.6 Å². The van der Waals surface area contributed by atoms with Gasteiger partial charge >= 0.3 is 0 Å². The Hall–Kier alpha value is -2.08. The highest BCUT2D eigenvalue weighted by Gasteiger charge is 2.22. The van der Waals surface area contributed by atoms with Gasteiger partial charge in [-0.25, -0.2) is 4.39 Å². The average molecular weight is 369 g/mol. The minimum atomic E-state index is -0.392. The quantitative estimate of drug-likeness (QED) is 0.467. The van der Waals surface area contributed by atoms with Gasteiger partial charge < -0.3 is 4.74 Å². The van der Waals surface area contributed by atoms with Crippen LogP contribution in [-0.4, -0.2) is 12.7 Å². The Kier molecular flexibility index (Phi) is 6.50. The molecule has 1 saturated carbocycles. The van der Waals surface area contributed by atoms with Crippen molar-refractivity contribution in [2.45, 2.75) is 37.7 Å². The molecule has 0 radical (unpaired) electrons. The number of ether oxygens (including phenoxy) is 1. The zero-order valence-corrected chi connectivity index (χ0v) is 15.4. The molecule has 0 unspecified atom stereocenters. The van der Waals surface area contributed by atoms with E-state index in [1.165, 1.54) is 11.6 Å². The third-order valence-corrected chi connectivity index (χ3v) is 5.01. The van der Waals surface area contributed by atoms with Gasteiger partial charge in [-0.05, 0) is 67.5 Å². The fourth-order valence-corrected chi connectivity index (χ4v) is 3.49. The molecule has 0 spiro atoms. The topological polar surface area (TPSA) is 9.23 Å². The van der Waals surface area contributed by atoms with Gasteiger partial charge in [-0.1, -0.05) is 41.7 Å². The van der Waals surface area contributed by atoms with Gasteiger partial charge in [0.25, 0.3) is 0 Å². The van der Waals surface area contributed by atoms with E-state index in [1.54, 1.807) is 12.1 Å². The minimum absolute atomic E-state index is 0.358. The van der Waals surface area contributed by atoms with Crippen molar-refractivity contribution in [3.8, 4) is 11.8 Å². The lowest BCUT2D eigenvalue weighted by Gasteiger charge is -2.28. The van der Waals surface area contributed by atoms with Gasteiger partial charge in [0.05, 0.1) is 18.3 Å². The van der Waals surface area contributed by atoms with Crippen LogP contribution >= 0.6 is 11.6 Å². The Bertz CT molecular complexity index is 808. The molecule has 0 atom stereocenters. The summed E-state index contributed by atoms with van der Waals surface area (Å²) in [7, 11) is 0. The highest BCUT2D eigenvalue weighted by molar-refractivity contribution is 6.30. The summed E-state index contributed by atoms with van der Waals surface area (Å²) in [5, 5.41) is 0.377. The third-order valence-electron chi connectivity index (χ3n) is 4.78. The van der Waals surface area contributed by atoms with Crippen LogP contribution in [0.25, 0.3) is 0 Å². The van der Waals surface area contributed by atoms with E-state index in [4.69, 9.17) is 16.3 Å². The van der Waals surface area contributed by atoms with Crippen LogP contribution in [0.4, 0.5) is 4.39 Å². The lowest BCUT2D eigenvalue weighted by molar-refractivity contribution is 0.0424. The van der Waals surface area contributed by atoms with Gasteiger partial charge in [0.2, 0.25) is 0 Å². The van der Waals surface area contributed by atoms with Crippen molar-refractivity contribution in [2.24, 2.45) is 0 Å². The fraction of sp³-hybridized carbons (Fsp3) is 0.304. The highest BCUT2D eigenvalue weighted by Crippen LogP contribution is 2.34. The maximum Gasteiger partial charge on any atom is 0.140 e. The van der Waals surface area contributed by atoms with E-state index in [1.807, 2.05) is 18.2 Å². The summed E-state index contributed by atoms with van der Waals surface area (Å²) in [4.78, 5) is 0. The fourth-order valence-electron chi connectivity index (χ4n) is 3.34. The van der Waals surface area contributed by atoms with Crippen molar-refractivity contribution in [1.29, 1.82) is 0 Å². The van der Waals surface area contributed by atoms with Crippen molar-refractivity contribution < 1.29 is 9.13 Å². The molecule has 3 rings (SSSR count). The number of hydrogen-bond acceptors (Lipinski definition) is 1. The lowest BCUT2D eigenvalue weighted by Crippen LogP contribution is -2.20. The van der Waals surface area contributed by atoms with Crippen LogP contribution in [0, 0.1) is 17.7 Å². The van der Waals surface area contributed by atoms with Crippen molar-refractivity contribution in [1.82, 2.24) is 0 Å². The molecule has 0 saturated heterocycles. The monoisotopic (exact) mass is 368 g/mol. The zero-order chi connectivity index (χ0) is 18.4. The summed E-state index contributed by atoms with van der Waals surface area (Å²) in [5.74, 6) is 6.08. The van der Waals surface area contributed by atoms with Crippen LogP contribution < -0.4 is 0 Å². The predicted octanol–water partition coefficient (Wildman–Crippen LogP) is 6.11. The van der Waals surface area contributed by atoms with Gasteiger partial charge in [0.1, 0.15) is 5.82 Å². The summed E-state index contributed by atoms with van der Waals surface area (Å²) < 4.78 is 19.5. The second kappa shape index (κ2) is 9.03. The van der Waals surface area contributed by atoms with Crippen molar-refractivity contribution in [3.63, 3.8) is 0 Å². The smallest absolute Gasteiger partial charge is 0.140 e. The summed E-state index contributed by atoms with van der Waals surface area (Å²) in [6, 6.07) is 12.8. The highest BCUT2D eigenvalue weighted by atomic mass is 35.5. The molecular weight excluding hydrogens is 347 g/mol. The first-order valence-corrected chi connectivity index (χ1v) is 9.33. The summed E-state index contributed by atoms with van der Waals surface area (Å²) in [6.45, 7) is 4.33. The summed E-state index contributed by atoms with van der Waals surface area (Å²) in [6.07, 6.45) is 6.64. The summed E-state index contributed by atoms with van der Waals surface area (Å²) >= 11 is 5.76. The van der Waals surface area contributed by atoms with Crippen LogP contribution in [0.15, 0.2) is 55.1 Å².